The lowest BCUT2D eigenvalue weighted by Crippen LogP contribution is -2.25. The third-order valence-corrected chi connectivity index (χ3v) is 4.52. The number of carbonyl (C=O) groups excluding carboxylic acids is 1. The number of benzene rings is 2. The first-order valence-corrected chi connectivity index (χ1v) is 7.63. The largest absolute Gasteiger partial charge is 0.312 e. The summed E-state index contributed by atoms with van der Waals surface area (Å²) in [4.78, 5) is 12.6. The van der Waals surface area contributed by atoms with Crippen molar-refractivity contribution >= 4 is 21.7 Å². The first-order valence-electron chi connectivity index (χ1n) is 6.84. The maximum Gasteiger partial charge on any atom is 0.167 e. The molecule has 0 fully saturated rings. The van der Waals surface area contributed by atoms with E-state index in [1.807, 2.05) is 36.4 Å². The van der Waals surface area contributed by atoms with Gasteiger partial charge in [-0.05, 0) is 35.7 Å². The number of carbonyl (C=O) groups is 1. The van der Waals surface area contributed by atoms with Gasteiger partial charge in [-0.1, -0.05) is 52.3 Å². The molecule has 0 bridgehead atoms. The van der Waals surface area contributed by atoms with Gasteiger partial charge in [-0.3, -0.25) is 4.79 Å². The molecule has 3 rings (SSSR count). The van der Waals surface area contributed by atoms with Crippen molar-refractivity contribution in [2.75, 3.05) is 6.54 Å². The van der Waals surface area contributed by atoms with Gasteiger partial charge < -0.3 is 5.32 Å². The summed E-state index contributed by atoms with van der Waals surface area (Å²) in [6, 6.07) is 14.0. The second kappa shape index (κ2) is 5.90. The SMILES string of the molecule is O=C(Cc1ccccc1Br)c1cccc2c1CCNC2. The average molecular weight is 330 g/mol. The van der Waals surface area contributed by atoms with E-state index in [1.165, 1.54) is 11.1 Å². The van der Waals surface area contributed by atoms with Crippen molar-refractivity contribution in [3.8, 4) is 0 Å². The molecule has 0 saturated heterocycles. The van der Waals surface area contributed by atoms with Crippen LogP contribution in [0, 0.1) is 0 Å². The Morgan fingerprint density at radius 2 is 2.00 bits per heavy atom. The number of halogens is 1. The Bertz CT molecular complexity index is 651. The first kappa shape index (κ1) is 13.5. The highest BCUT2D eigenvalue weighted by atomic mass is 79.9. The minimum atomic E-state index is 0.204. The third-order valence-electron chi connectivity index (χ3n) is 3.75. The molecule has 1 aliphatic heterocycles. The normalized spacial score (nSPS) is 13.8. The number of hydrogen-bond acceptors (Lipinski definition) is 2. The van der Waals surface area contributed by atoms with Crippen LogP contribution in [0.5, 0.6) is 0 Å². The quantitative estimate of drug-likeness (QED) is 0.873. The summed E-state index contributed by atoms with van der Waals surface area (Å²) < 4.78 is 1.000. The molecular weight excluding hydrogens is 314 g/mol. The van der Waals surface area contributed by atoms with Gasteiger partial charge in [0, 0.05) is 23.0 Å². The molecule has 0 aromatic heterocycles. The molecular formula is C17H16BrNO. The van der Waals surface area contributed by atoms with Gasteiger partial charge in [0.15, 0.2) is 5.78 Å². The smallest absolute Gasteiger partial charge is 0.167 e. The monoisotopic (exact) mass is 329 g/mol. The van der Waals surface area contributed by atoms with Crippen LogP contribution >= 0.6 is 15.9 Å². The number of nitrogens with one attached hydrogen (secondary N) is 1. The first-order chi connectivity index (χ1) is 9.75. The second-order valence-electron chi connectivity index (χ2n) is 5.06. The van der Waals surface area contributed by atoms with E-state index in [4.69, 9.17) is 0 Å². The van der Waals surface area contributed by atoms with Crippen LogP contribution in [0.3, 0.4) is 0 Å². The summed E-state index contributed by atoms with van der Waals surface area (Å²) in [6.07, 6.45) is 1.39. The van der Waals surface area contributed by atoms with E-state index < -0.39 is 0 Å². The fourth-order valence-corrected chi connectivity index (χ4v) is 3.13. The van der Waals surface area contributed by atoms with Crippen molar-refractivity contribution in [3.63, 3.8) is 0 Å². The molecule has 20 heavy (non-hydrogen) atoms. The minimum absolute atomic E-state index is 0.204. The molecule has 0 saturated carbocycles. The minimum Gasteiger partial charge on any atom is -0.312 e. The molecule has 0 atom stereocenters. The van der Waals surface area contributed by atoms with E-state index >= 15 is 0 Å². The predicted octanol–water partition coefficient (Wildman–Crippen LogP) is 3.52. The van der Waals surface area contributed by atoms with Crippen LogP contribution in [0.15, 0.2) is 46.9 Å². The molecule has 2 nitrogen and oxygen atoms in total. The molecule has 2 aromatic carbocycles. The highest BCUT2D eigenvalue weighted by Gasteiger charge is 2.17. The van der Waals surface area contributed by atoms with Crippen LogP contribution in [-0.2, 0) is 19.4 Å². The van der Waals surface area contributed by atoms with Gasteiger partial charge in [-0.15, -0.1) is 0 Å². The summed E-state index contributed by atoms with van der Waals surface area (Å²) in [5.74, 6) is 0.204. The highest BCUT2D eigenvalue weighted by Crippen LogP contribution is 2.22. The molecule has 0 spiro atoms. The van der Waals surface area contributed by atoms with Crippen LogP contribution in [0.4, 0.5) is 0 Å². The maximum atomic E-state index is 12.6. The summed E-state index contributed by atoms with van der Waals surface area (Å²) in [6.45, 7) is 1.82. The molecule has 2 aromatic rings. The fraction of sp³-hybridized carbons (Fsp3) is 0.235. The highest BCUT2D eigenvalue weighted by molar-refractivity contribution is 9.10. The van der Waals surface area contributed by atoms with Crippen LogP contribution in [0.2, 0.25) is 0 Å². The van der Waals surface area contributed by atoms with Gasteiger partial charge in [-0.25, -0.2) is 0 Å². The van der Waals surface area contributed by atoms with Gasteiger partial charge >= 0.3 is 0 Å². The van der Waals surface area contributed by atoms with Crippen molar-refractivity contribution in [1.82, 2.24) is 5.32 Å². The number of hydrogen-bond donors (Lipinski definition) is 1. The summed E-state index contributed by atoms with van der Waals surface area (Å²) in [5.41, 5.74) is 4.42. The Hall–Kier alpha value is -1.45. The molecule has 0 unspecified atom stereocenters. The average Bonchev–Trinajstić information content (AvgIpc) is 2.49. The summed E-state index contributed by atoms with van der Waals surface area (Å²) in [7, 11) is 0. The van der Waals surface area contributed by atoms with Gasteiger partial charge in [0.2, 0.25) is 0 Å². The molecule has 1 aliphatic rings. The Labute approximate surface area is 127 Å². The number of Topliss-reactive ketones (excluding diaryl/α,β-unsaturated/α-hetero) is 1. The summed E-state index contributed by atoms with van der Waals surface area (Å²) >= 11 is 3.51. The van der Waals surface area contributed by atoms with Crippen molar-refractivity contribution in [2.45, 2.75) is 19.4 Å². The number of rotatable bonds is 3. The number of fused-ring (bicyclic) bond motifs is 1. The lowest BCUT2D eigenvalue weighted by atomic mass is 9.91. The van der Waals surface area contributed by atoms with E-state index in [1.54, 1.807) is 0 Å². The summed E-state index contributed by atoms with van der Waals surface area (Å²) in [5, 5.41) is 3.35. The van der Waals surface area contributed by atoms with Crippen molar-refractivity contribution in [1.29, 1.82) is 0 Å². The van der Waals surface area contributed by atoms with Crippen molar-refractivity contribution < 1.29 is 4.79 Å². The van der Waals surface area contributed by atoms with Crippen LogP contribution in [-0.4, -0.2) is 12.3 Å². The predicted molar refractivity (Wildman–Crippen MR) is 84.0 cm³/mol. The van der Waals surface area contributed by atoms with E-state index in [2.05, 4.69) is 27.3 Å². The lowest BCUT2D eigenvalue weighted by Gasteiger charge is -2.19. The van der Waals surface area contributed by atoms with E-state index in [-0.39, 0.29) is 5.78 Å². The van der Waals surface area contributed by atoms with Crippen molar-refractivity contribution in [3.05, 3.63) is 69.2 Å². The third kappa shape index (κ3) is 2.69. The lowest BCUT2D eigenvalue weighted by molar-refractivity contribution is 0.0991. The Morgan fingerprint density at radius 1 is 1.15 bits per heavy atom. The molecule has 0 radical (unpaired) electrons. The maximum absolute atomic E-state index is 12.6. The molecule has 1 heterocycles. The molecule has 0 aliphatic carbocycles. The van der Waals surface area contributed by atoms with Gasteiger partial charge in [-0.2, -0.15) is 0 Å². The standard InChI is InChI=1S/C17H16BrNO/c18-16-7-2-1-4-12(16)10-17(20)15-6-3-5-13-11-19-9-8-14(13)15/h1-7,19H,8-11H2. The zero-order valence-corrected chi connectivity index (χ0v) is 12.7. The molecule has 1 N–H and O–H groups in total. The van der Waals surface area contributed by atoms with E-state index in [0.717, 1.165) is 35.1 Å². The van der Waals surface area contributed by atoms with Gasteiger partial charge in [0.25, 0.3) is 0 Å². The topological polar surface area (TPSA) is 29.1 Å². The van der Waals surface area contributed by atoms with E-state index in [0.29, 0.717) is 6.42 Å². The van der Waals surface area contributed by atoms with Gasteiger partial charge in [0.1, 0.15) is 0 Å². The Morgan fingerprint density at radius 3 is 2.85 bits per heavy atom. The van der Waals surface area contributed by atoms with Gasteiger partial charge in [0.05, 0.1) is 0 Å². The zero-order valence-electron chi connectivity index (χ0n) is 11.2. The molecule has 0 amide bonds. The Balaban J connectivity index is 1.90. The van der Waals surface area contributed by atoms with E-state index in [9.17, 15) is 4.79 Å². The van der Waals surface area contributed by atoms with Crippen LogP contribution < -0.4 is 5.32 Å². The Kier molecular flexibility index (Phi) is 3.99. The van der Waals surface area contributed by atoms with Crippen molar-refractivity contribution in [2.24, 2.45) is 0 Å². The molecule has 3 heteroatoms. The fourth-order valence-electron chi connectivity index (χ4n) is 2.70. The molecule has 102 valence electrons. The van der Waals surface area contributed by atoms with Crippen LogP contribution in [0.1, 0.15) is 27.0 Å². The van der Waals surface area contributed by atoms with Crippen LogP contribution in [0.25, 0.3) is 0 Å². The number of ketones is 1. The second-order valence-corrected chi connectivity index (χ2v) is 5.92. The zero-order chi connectivity index (χ0) is 13.9.